The van der Waals surface area contributed by atoms with Crippen molar-refractivity contribution in [1.29, 1.82) is 0 Å². The van der Waals surface area contributed by atoms with Crippen molar-refractivity contribution in [2.45, 2.75) is 58.3 Å². The second-order valence-electron chi connectivity index (χ2n) is 6.88. The molecule has 2 heterocycles. The summed E-state index contributed by atoms with van der Waals surface area (Å²) < 4.78 is 7.18. The van der Waals surface area contributed by atoms with Gasteiger partial charge in [-0.2, -0.15) is 0 Å². The third-order valence-corrected chi connectivity index (χ3v) is 6.22. The number of aromatic nitrogens is 3. The van der Waals surface area contributed by atoms with Crippen LogP contribution in [0.1, 0.15) is 45.5 Å². The van der Waals surface area contributed by atoms with Crippen molar-refractivity contribution in [3.05, 3.63) is 44.4 Å². The van der Waals surface area contributed by atoms with Crippen LogP contribution in [0, 0.1) is 27.7 Å². The van der Waals surface area contributed by atoms with Gasteiger partial charge in [0, 0.05) is 12.2 Å². The van der Waals surface area contributed by atoms with Crippen molar-refractivity contribution in [3.63, 3.8) is 0 Å². The zero-order chi connectivity index (χ0) is 18.8. The molecular weight excluding hydrogens is 350 g/mol. The van der Waals surface area contributed by atoms with Crippen LogP contribution in [0.25, 0.3) is 0 Å². The molecule has 6 nitrogen and oxygen atoms in total. The smallest absolute Gasteiger partial charge is 0.344 e. The highest BCUT2D eigenvalue weighted by atomic mass is 32.2. The highest BCUT2D eigenvalue weighted by molar-refractivity contribution is 7.99. The molecule has 1 aromatic heterocycles. The summed E-state index contributed by atoms with van der Waals surface area (Å²) in [5, 5.41) is 7.10. The Hall–Kier alpha value is -1.86. The van der Waals surface area contributed by atoms with Gasteiger partial charge in [-0.3, -0.25) is 9.36 Å². The molecule has 0 amide bonds. The Balaban J connectivity index is 1.74. The molecule has 0 saturated carbocycles. The van der Waals surface area contributed by atoms with Gasteiger partial charge in [-0.15, -0.1) is 5.10 Å². The van der Waals surface area contributed by atoms with Gasteiger partial charge >= 0.3 is 5.69 Å². The number of nitrogens with zero attached hydrogens (tertiary/aromatic N) is 2. The number of carbonyl (C=O) groups excluding carboxylic acids is 1. The number of nitrogens with one attached hydrogen (secondary N) is 1. The molecule has 1 atom stereocenters. The number of carbonyl (C=O) groups is 1. The Bertz CT molecular complexity index is 879. The second kappa shape index (κ2) is 7.80. The van der Waals surface area contributed by atoms with Crippen LogP contribution in [0.15, 0.2) is 16.0 Å². The summed E-state index contributed by atoms with van der Waals surface area (Å²) in [5.74, 6) is 0.302. The van der Waals surface area contributed by atoms with Gasteiger partial charge in [0.2, 0.25) is 0 Å². The topological polar surface area (TPSA) is 77.0 Å². The molecule has 3 rings (SSSR count). The summed E-state index contributed by atoms with van der Waals surface area (Å²) in [6.45, 7) is 9.36. The molecule has 1 fully saturated rings. The third kappa shape index (κ3) is 3.78. The van der Waals surface area contributed by atoms with E-state index in [1.54, 1.807) is 4.57 Å². The van der Waals surface area contributed by atoms with Crippen LogP contribution in [0.4, 0.5) is 0 Å². The quantitative estimate of drug-likeness (QED) is 0.620. The minimum Gasteiger partial charge on any atom is -0.376 e. The Morgan fingerprint density at radius 2 is 2.08 bits per heavy atom. The van der Waals surface area contributed by atoms with E-state index in [9.17, 15) is 9.59 Å². The van der Waals surface area contributed by atoms with Gasteiger partial charge in [0.15, 0.2) is 10.9 Å². The number of hydrogen-bond acceptors (Lipinski definition) is 5. The summed E-state index contributed by atoms with van der Waals surface area (Å²) in [6.07, 6.45) is 2.01. The summed E-state index contributed by atoms with van der Waals surface area (Å²) >= 11 is 1.29. The lowest BCUT2D eigenvalue weighted by molar-refractivity contribution is 0.0941. The molecule has 1 aromatic carbocycles. The Labute approximate surface area is 157 Å². The van der Waals surface area contributed by atoms with Crippen molar-refractivity contribution < 1.29 is 9.53 Å². The first-order chi connectivity index (χ1) is 12.4. The van der Waals surface area contributed by atoms with Crippen LogP contribution in [0.3, 0.4) is 0 Å². The lowest BCUT2D eigenvalue weighted by atomic mass is 9.93. The molecule has 1 aliphatic heterocycles. The number of aromatic amines is 1. The minimum absolute atomic E-state index is 0.0463. The number of benzene rings is 1. The lowest BCUT2D eigenvalue weighted by Crippen LogP contribution is -2.25. The van der Waals surface area contributed by atoms with Gasteiger partial charge in [-0.25, -0.2) is 9.89 Å². The highest BCUT2D eigenvalue weighted by Crippen LogP contribution is 2.24. The van der Waals surface area contributed by atoms with Gasteiger partial charge in [0.05, 0.1) is 18.4 Å². The van der Waals surface area contributed by atoms with Crippen LogP contribution in [0.2, 0.25) is 0 Å². The van der Waals surface area contributed by atoms with Crippen molar-refractivity contribution in [1.82, 2.24) is 14.8 Å². The summed E-state index contributed by atoms with van der Waals surface area (Å²) in [6, 6.07) is 1.96. The van der Waals surface area contributed by atoms with E-state index in [4.69, 9.17) is 4.74 Å². The standard InChI is InChI=1S/C19H25N3O3S/c1-11-8-16(14(4)13(3)12(11)2)17(23)10-26-19-21-20-18(24)22(19)9-15-6-5-7-25-15/h8,15H,5-7,9-10H2,1-4H3,(H,20,24). The van der Waals surface area contributed by atoms with Crippen LogP contribution in [0.5, 0.6) is 0 Å². The molecule has 140 valence electrons. The molecule has 0 aliphatic carbocycles. The summed E-state index contributed by atoms with van der Waals surface area (Å²) in [5.41, 5.74) is 5.03. The molecule has 26 heavy (non-hydrogen) atoms. The SMILES string of the molecule is Cc1cc(C(=O)CSc2n[nH]c(=O)n2CC2CCCO2)c(C)c(C)c1C. The Morgan fingerprint density at radius 3 is 2.77 bits per heavy atom. The number of H-pyrrole nitrogens is 1. The van der Waals surface area contributed by atoms with Crippen molar-refractivity contribution in [3.8, 4) is 0 Å². The van der Waals surface area contributed by atoms with E-state index in [-0.39, 0.29) is 23.3 Å². The zero-order valence-electron chi connectivity index (χ0n) is 15.7. The van der Waals surface area contributed by atoms with E-state index in [0.717, 1.165) is 41.7 Å². The van der Waals surface area contributed by atoms with E-state index in [2.05, 4.69) is 24.0 Å². The summed E-state index contributed by atoms with van der Waals surface area (Å²) in [4.78, 5) is 24.8. The Kier molecular flexibility index (Phi) is 5.67. The molecule has 2 aromatic rings. The molecular formula is C19H25N3O3S. The second-order valence-corrected chi connectivity index (χ2v) is 7.83. The van der Waals surface area contributed by atoms with E-state index in [1.165, 1.54) is 17.3 Å². The number of Topliss-reactive ketones (excluding diaryl/α,β-unsaturated/α-hetero) is 1. The number of ketones is 1. The largest absolute Gasteiger partial charge is 0.376 e. The number of ether oxygens (including phenoxy) is 1. The molecule has 0 radical (unpaired) electrons. The molecule has 7 heteroatoms. The molecule has 1 unspecified atom stereocenters. The number of aryl methyl sites for hydroxylation is 1. The average Bonchev–Trinajstić information content (AvgIpc) is 3.25. The fourth-order valence-electron chi connectivity index (χ4n) is 3.28. The average molecular weight is 375 g/mol. The van der Waals surface area contributed by atoms with E-state index >= 15 is 0 Å². The first-order valence-corrected chi connectivity index (χ1v) is 9.87. The molecule has 1 aliphatic rings. The normalized spacial score (nSPS) is 17.0. The number of thioether (sulfide) groups is 1. The minimum atomic E-state index is -0.256. The van der Waals surface area contributed by atoms with Crippen molar-refractivity contribution in [2.24, 2.45) is 0 Å². The van der Waals surface area contributed by atoms with Crippen LogP contribution < -0.4 is 5.69 Å². The monoisotopic (exact) mass is 375 g/mol. The van der Waals surface area contributed by atoms with Crippen LogP contribution >= 0.6 is 11.8 Å². The van der Waals surface area contributed by atoms with Crippen molar-refractivity contribution >= 4 is 17.5 Å². The van der Waals surface area contributed by atoms with Gasteiger partial charge in [0.25, 0.3) is 0 Å². The van der Waals surface area contributed by atoms with Gasteiger partial charge in [-0.05, 0) is 68.9 Å². The molecule has 1 N–H and O–H groups in total. The predicted molar refractivity (Wildman–Crippen MR) is 102 cm³/mol. The van der Waals surface area contributed by atoms with Crippen molar-refractivity contribution in [2.75, 3.05) is 12.4 Å². The maximum absolute atomic E-state index is 12.7. The maximum atomic E-state index is 12.7. The fourth-order valence-corrected chi connectivity index (χ4v) is 4.12. The summed E-state index contributed by atoms with van der Waals surface area (Å²) in [7, 11) is 0. The fraction of sp³-hybridized carbons (Fsp3) is 0.526. The number of rotatable bonds is 6. The zero-order valence-corrected chi connectivity index (χ0v) is 16.5. The first-order valence-electron chi connectivity index (χ1n) is 8.88. The van der Waals surface area contributed by atoms with Gasteiger partial charge in [0.1, 0.15) is 0 Å². The van der Waals surface area contributed by atoms with Crippen LogP contribution in [-0.2, 0) is 11.3 Å². The molecule has 1 saturated heterocycles. The van der Waals surface area contributed by atoms with E-state index < -0.39 is 0 Å². The molecule has 0 bridgehead atoms. The third-order valence-electron chi connectivity index (χ3n) is 5.25. The number of hydrogen-bond donors (Lipinski definition) is 1. The van der Waals surface area contributed by atoms with E-state index in [0.29, 0.717) is 11.7 Å². The maximum Gasteiger partial charge on any atom is 0.344 e. The lowest BCUT2D eigenvalue weighted by Gasteiger charge is -2.14. The Morgan fingerprint density at radius 1 is 1.31 bits per heavy atom. The van der Waals surface area contributed by atoms with E-state index in [1.807, 2.05) is 19.9 Å². The first kappa shape index (κ1) is 18.9. The van der Waals surface area contributed by atoms with Gasteiger partial charge < -0.3 is 4.74 Å². The predicted octanol–water partition coefficient (Wildman–Crippen LogP) is 2.96. The highest BCUT2D eigenvalue weighted by Gasteiger charge is 2.21. The van der Waals surface area contributed by atoms with Crippen LogP contribution in [-0.4, -0.2) is 39.0 Å². The van der Waals surface area contributed by atoms with Gasteiger partial charge in [-0.1, -0.05) is 11.8 Å². The molecule has 0 spiro atoms.